The second-order valence-corrected chi connectivity index (χ2v) is 11.3. The average molecular weight is 589 g/mol. The molecule has 0 aromatic carbocycles. The number of unbranched alkanes of at least 4 members (excludes halogenated alkanes) is 13. The zero-order valence-electron chi connectivity index (χ0n) is 25.8. The van der Waals surface area contributed by atoms with E-state index >= 15 is 0 Å². The lowest BCUT2D eigenvalue weighted by Gasteiger charge is -2.39. The molecule has 242 valence electrons. The van der Waals surface area contributed by atoms with Crippen LogP contribution < -0.4 is 0 Å². The molecule has 4 N–H and O–H groups in total. The van der Waals surface area contributed by atoms with Gasteiger partial charge in [-0.3, -0.25) is 4.79 Å². The summed E-state index contributed by atoms with van der Waals surface area (Å²) in [5.41, 5.74) is 0. The van der Waals surface area contributed by atoms with Gasteiger partial charge in [0.25, 0.3) is 0 Å². The number of rotatable bonds is 26. The Balaban J connectivity index is 2.39. The van der Waals surface area contributed by atoms with Crippen molar-refractivity contribution in [1.82, 2.24) is 0 Å². The molecule has 1 aliphatic rings. The highest BCUT2D eigenvalue weighted by atomic mass is 16.7. The number of hydrogen-bond donors (Lipinski definition) is 4. The van der Waals surface area contributed by atoms with Crippen LogP contribution in [-0.4, -0.2) is 89.6 Å². The van der Waals surface area contributed by atoms with Gasteiger partial charge in [-0.2, -0.15) is 0 Å². The molecule has 1 aliphatic heterocycles. The average Bonchev–Trinajstić information content (AvgIpc) is 2.97. The van der Waals surface area contributed by atoms with Crippen molar-refractivity contribution < 1.29 is 44.2 Å². The van der Waals surface area contributed by atoms with Gasteiger partial charge in [-0.25, -0.2) is 0 Å². The summed E-state index contributed by atoms with van der Waals surface area (Å²) in [4.78, 5) is 12.5. The van der Waals surface area contributed by atoms with Crippen molar-refractivity contribution in [3.05, 3.63) is 12.2 Å². The number of carbonyl (C=O) groups is 1. The van der Waals surface area contributed by atoms with E-state index in [0.29, 0.717) is 13.0 Å². The fourth-order valence-corrected chi connectivity index (χ4v) is 4.79. The molecule has 0 aliphatic carbocycles. The Labute approximate surface area is 248 Å². The van der Waals surface area contributed by atoms with Gasteiger partial charge in [-0.05, 0) is 32.1 Å². The van der Waals surface area contributed by atoms with Gasteiger partial charge in [0.15, 0.2) is 6.29 Å². The predicted molar refractivity (Wildman–Crippen MR) is 159 cm³/mol. The van der Waals surface area contributed by atoms with Crippen LogP contribution >= 0.6 is 0 Å². The number of aliphatic hydroxyl groups excluding tert-OH is 4. The molecule has 0 spiro atoms. The Morgan fingerprint density at radius 2 is 1.39 bits per heavy atom. The zero-order valence-corrected chi connectivity index (χ0v) is 25.8. The largest absolute Gasteiger partial charge is 0.457 e. The van der Waals surface area contributed by atoms with Crippen molar-refractivity contribution in [2.24, 2.45) is 0 Å². The Kier molecular flexibility index (Phi) is 23.5. The second-order valence-electron chi connectivity index (χ2n) is 11.3. The topological polar surface area (TPSA) is 135 Å². The minimum atomic E-state index is -1.53. The van der Waals surface area contributed by atoms with Crippen LogP contribution in [0.4, 0.5) is 0 Å². The van der Waals surface area contributed by atoms with Gasteiger partial charge < -0.3 is 39.4 Å². The van der Waals surface area contributed by atoms with E-state index in [4.69, 9.17) is 18.9 Å². The first-order valence-corrected chi connectivity index (χ1v) is 16.3. The molecule has 0 aromatic heterocycles. The van der Waals surface area contributed by atoms with Crippen molar-refractivity contribution in [2.45, 2.75) is 160 Å². The van der Waals surface area contributed by atoms with Crippen molar-refractivity contribution >= 4 is 5.97 Å². The molecular weight excluding hydrogens is 528 g/mol. The van der Waals surface area contributed by atoms with Crippen molar-refractivity contribution in [2.75, 3.05) is 26.4 Å². The van der Waals surface area contributed by atoms with Gasteiger partial charge in [0.05, 0.1) is 19.8 Å². The monoisotopic (exact) mass is 588 g/mol. The number of aliphatic hydroxyl groups is 4. The Hall–Kier alpha value is -1.07. The Morgan fingerprint density at radius 1 is 0.756 bits per heavy atom. The minimum absolute atomic E-state index is 0.113. The van der Waals surface area contributed by atoms with Gasteiger partial charge >= 0.3 is 5.97 Å². The number of esters is 1. The lowest BCUT2D eigenvalue weighted by Crippen LogP contribution is -2.59. The van der Waals surface area contributed by atoms with Crippen molar-refractivity contribution in [1.29, 1.82) is 0 Å². The smallest absolute Gasteiger partial charge is 0.306 e. The standard InChI is InChI=1S/C32H60O9/c1-3-5-7-9-11-12-13-14-16-18-20-22-38-24-26(40-28(34)21-19-17-15-10-8-6-4-2)25-39-32-31(37)30(36)29(35)27(23-33)41-32/h7,9,26-27,29-33,35-37H,3-6,8,10-25H2,1-2H3/b9-7-. The third-order valence-corrected chi connectivity index (χ3v) is 7.41. The van der Waals surface area contributed by atoms with Crippen LogP contribution in [0, 0.1) is 0 Å². The summed E-state index contributed by atoms with van der Waals surface area (Å²) in [7, 11) is 0. The quantitative estimate of drug-likeness (QED) is 0.0628. The van der Waals surface area contributed by atoms with Gasteiger partial charge in [0.1, 0.15) is 30.5 Å². The van der Waals surface area contributed by atoms with Crippen LogP contribution in [0.2, 0.25) is 0 Å². The molecule has 9 nitrogen and oxygen atoms in total. The van der Waals surface area contributed by atoms with Crippen LogP contribution in [0.5, 0.6) is 0 Å². The summed E-state index contributed by atoms with van der Waals surface area (Å²) in [6, 6.07) is 0. The van der Waals surface area contributed by atoms with Gasteiger partial charge in [-0.15, -0.1) is 0 Å². The number of carbonyl (C=O) groups excluding carboxylic acids is 1. The lowest BCUT2D eigenvalue weighted by molar-refractivity contribution is -0.305. The summed E-state index contributed by atoms with van der Waals surface area (Å²) < 4.78 is 22.5. The van der Waals surface area contributed by atoms with E-state index in [9.17, 15) is 25.2 Å². The van der Waals surface area contributed by atoms with Crippen molar-refractivity contribution in [3.8, 4) is 0 Å². The Bertz CT molecular complexity index is 643. The molecule has 1 heterocycles. The molecule has 0 amide bonds. The number of hydrogen-bond acceptors (Lipinski definition) is 9. The molecule has 0 radical (unpaired) electrons. The number of allylic oxidation sites excluding steroid dienone is 2. The van der Waals surface area contributed by atoms with Crippen LogP contribution in [0.15, 0.2) is 12.2 Å². The molecule has 6 unspecified atom stereocenters. The normalized spacial score (nSPS) is 23.7. The first-order chi connectivity index (χ1) is 19.9. The molecule has 0 saturated carbocycles. The molecule has 6 atom stereocenters. The molecule has 0 aromatic rings. The fourth-order valence-electron chi connectivity index (χ4n) is 4.79. The van der Waals surface area contributed by atoms with E-state index in [0.717, 1.165) is 38.5 Å². The van der Waals surface area contributed by atoms with E-state index in [-0.39, 0.29) is 19.2 Å². The second kappa shape index (κ2) is 25.4. The fraction of sp³-hybridized carbons (Fsp3) is 0.906. The van der Waals surface area contributed by atoms with Crippen LogP contribution in [0.3, 0.4) is 0 Å². The SMILES string of the molecule is CCC/C=C\CCCCCCCCOCC(COC1OC(CO)C(O)C(O)C1O)OC(=O)CCCCCCCCC. The first kappa shape index (κ1) is 38.0. The summed E-state index contributed by atoms with van der Waals surface area (Å²) in [5, 5.41) is 39.7. The molecule has 41 heavy (non-hydrogen) atoms. The third kappa shape index (κ3) is 18.3. The number of ether oxygens (including phenoxy) is 4. The summed E-state index contributed by atoms with van der Waals surface area (Å²) >= 11 is 0. The lowest BCUT2D eigenvalue weighted by atomic mass is 9.99. The highest BCUT2D eigenvalue weighted by molar-refractivity contribution is 5.69. The maximum absolute atomic E-state index is 12.5. The zero-order chi connectivity index (χ0) is 30.1. The van der Waals surface area contributed by atoms with E-state index in [1.165, 1.54) is 64.2 Å². The van der Waals surface area contributed by atoms with Gasteiger partial charge in [0.2, 0.25) is 0 Å². The van der Waals surface area contributed by atoms with Gasteiger partial charge in [-0.1, -0.05) is 96.6 Å². The Morgan fingerprint density at radius 3 is 2.07 bits per heavy atom. The minimum Gasteiger partial charge on any atom is -0.457 e. The highest BCUT2D eigenvalue weighted by Crippen LogP contribution is 2.22. The summed E-state index contributed by atoms with van der Waals surface area (Å²) in [6.07, 6.45) is 15.4. The van der Waals surface area contributed by atoms with Crippen LogP contribution in [0.1, 0.15) is 123 Å². The van der Waals surface area contributed by atoms with Crippen molar-refractivity contribution in [3.63, 3.8) is 0 Å². The third-order valence-electron chi connectivity index (χ3n) is 7.41. The van der Waals surface area contributed by atoms with E-state index in [1.54, 1.807) is 0 Å². The molecular formula is C32H60O9. The first-order valence-electron chi connectivity index (χ1n) is 16.3. The molecule has 1 fully saturated rings. The maximum Gasteiger partial charge on any atom is 0.306 e. The van der Waals surface area contributed by atoms with E-state index in [2.05, 4.69) is 26.0 Å². The highest BCUT2D eigenvalue weighted by Gasteiger charge is 2.44. The molecule has 1 saturated heterocycles. The summed E-state index contributed by atoms with van der Waals surface area (Å²) in [5.74, 6) is -0.325. The van der Waals surface area contributed by atoms with E-state index in [1.807, 2.05) is 0 Å². The molecule has 1 rings (SSSR count). The maximum atomic E-state index is 12.5. The van der Waals surface area contributed by atoms with Gasteiger partial charge in [0, 0.05) is 13.0 Å². The molecule has 0 bridgehead atoms. The van der Waals surface area contributed by atoms with Crippen LogP contribution in [0.25, 0.3) is 0 Å². The van der Waals surface area contributed by atoms with E-state index < -0.39 is 43.4 Å². The summed E-state index contributed by atoms with van der Waals surface area (Å²) in [6.45, 7) is 4.42. The molecule has 9 heteroatoms. The van der Waals surface area contributed by atoms with Crippen LogP contribution in [-0.2, 0) is 23.7 Å². The predicted octanol–water partition coefficient (Wildman–Crippen LogP) is 4.96.